The van der Waals surface area contributed by atoms with E-state index in [0.717, 1.165) is 5.56 Å². The van der Waals surface area contributed by atoms with Crippen LogP contribution in [0.2, 0.25) is 0 Å². The third-order valence-electron chi connectivity index (χ3n) is 1.55. The maximum Gasteiger partial charge on any atom is 0.303 e. The summed E-state index contributed by atoms with van der Waals surface area (Å²) in [5.41, 5.74) is 0.773. The largest absolute Gasteiger partial charge is 0.458 e. The van der Waals surface area contributed by atoms with Gasteiger partial charge in [-0.25, -0.2) is 0 Å². The van der Waals surface area contributed by atoms with Gasteiger partial charge in [-0.3, -0.25) is 4.79 Å². The van der Waals surface area contributed by atoms with Gasteiger partial charge in [0.15, 0.2) is 0 Å². The summed E-state index contributed by atoms with van der Waals surface area (Å²) in [6.07, 6.45) is -0.542. The SMILES string of the molecule is [2H]C([2H])([2H])C(=O)OC(C)c1ccccc1. The minimum absolute atomic E-state index is 0.542. The quantitative estimate of drug-likeness (QED) is 0.632. The first-order chi connectivity index (χ1) is 6.91. The lowest BCUT2D eigenvalue weighted by molar-refractivity contribution is -0.145. The molecule has 0 spiro atoms. The van der Waals surface area contributed by atoms with E-state index in [1.54, 1.807) is 31.2 Å². The summed E-state index contributed by atoms with van der Waals surface area (Å²) in [4.78, 5) is 11.1. The number of hydrogen-bond acceptors (Lipinski definition) is 2. The molecule has 0 aromatic heterocycles. The Morgan fingerprint density at radius 2 is 2.17 bits per heavy atom. The van der Waals surface area contributed by atoms with Crippen LogP contribution in [0.3, 0.4) is 0 Å². The summed E-state index contributed by atoms with van der Waals surface area (Å²) >= 11 is 0. The molecule has 64 valence electrons. The molecule has 12 heavy (non-hydrogen) atoms. The van der Waals surface area contributed by atoms with Crippen molar-refractivity contribution in [2.75, 3.05) is 0 Å². The van der Waals surface area contributed by atoms with Crippen molar-refractivity contribution >= 4 is 5.97 Å². The zero-order chi connectivity index (χ0) is 11.5. The summed E-state index contributed by atoms with van der Waals surface area (Å²) < 4.78 is 25.4. The molecule has 1 rings (SSSR count). The molecule has 0 fully saturated rings. The van der Waals surface area contributed by atoms with Gasteiger partial charge in [0.25, 0.3) is 0 Å². The Morgan fingerprint density at radius 1 is 1.50 bits per heavy atom. The molecule has 1 unspecified atom stereocenters. The maximum absolute atomic E-state index is 11.1. The Morgan fingerprint density at radius 3 is 2.75 bits per heavy atom. The lowest BCUT2D eigenvalue weighted by atomic mass is 10.1. The predicted molar refractivity (Wildman–Crippen MR) is 46.6 cm³/mol. The smallest absolute Gasteiger partial charge is 0.303 e. The molecule has 0 N–H and O–H groups in total. The molecule has 0 radical (unpaired) electrons. The fourth-order valence-electron chi connectivity index (χ4n) is 0.953. The van der Waals surface area contributed by atoms with Gasteiger partial charge in [0.05, 0.1) is 0 Å². The van der Waals surface area contributed by atoms with Gasteiger partial charge in [0.2, 0.25) is 0 Å². The molecule has 0 bridgehead atoms. The van der Waals surface area contributed by atoms with Crippen LogP contribution in [0.5, 0.6) is 0 Å². The van der Waals surface area contributed by atoms with E-state index >= 15 is 0 Å². The molecule has 0 saturated carbocycles. The second-order valence-electron chi connectivity index (χ2n) is 2.46. The highest BCUT2D eigenvalue weighted by atomic mass is 16.5. The van der Waals surface area contributed by atoms with Gasteiger partial charge < -0.3 is 4.74 Å². The Balaban J connectivity index is 2.65. The Bertz CT molecular complexity index is 332. The fourth-order valence-corrected chi connectivity index (χ4v) is 0.953. The van der Waals surface area contributed by atoms with Crippen LogP contribution < -0.4 is 0 Å². The molecule has 2 heteroatoms. The molecule has 2 nitrogen and oxygen atoms in total. The van der Waals surface area contributed by atoms with Crippen LogP contribution in [0.25, 0.3) is 0 Å². The van der Waals surface area contributed by atoms with Crippen molar-refractivity contribution in [3.63, 3.8) is 0 Å². The van der Waals surface area contributed by atoms with E-state index in [1.165, 1.54) is 0 Å². The molecule has 0 amide bonds. The summed E-state index contributed by atoms with van der Waals surface area (Å²) in [6, 6.07) is 8.99. The van der Waals surface area contributed by atoms with Gasteiger partial charge in [0, 0.05) is 11.0 Å². The highest BCUT2D eigenvalue weighted by molar-refractivity contribution is 5.66. The van der Waals surface area contributed by atoms with Crippen LogP contribution in [0, 0.1) is 0 Å². The fraction of sp³-hybridized carbons (Fsp3) is 0.300. The third-order valence-corrected chi connectivity index (χ3v) is 1.55. The van der Waals surface area contributed by atoms with Gasteiger partial charge in [-0.2, -0.15) is 0 Å². The van der Waals surface area contributed by atoms with E-state index in [4.69, 9.17) is 8.85 Å². The zero-order valence-electron chi connectivity index (χ0n) is 9.78. The van der Waals surface area contributed by atoms with Crippen molar-refractivity contribution in [2.45, 2.75) is 19.9 Å². The predicted octanol–water partition coefficient (Wildman–Crippen LogP) is 2.31. The zero-order valence-corrected chi connectivity index (χ0v) is 6.78. The van der Waals surface area contributed by atoms with Crippen LogP contribution in [0.15, 0.2) is 30.3 Å². The lowest BCUT2D eigenvalue weighted by Crippen LogP contribution is -2.04. The topological polar surface area (TPSA) is 26.3 Å². The molecule has 0 aliphatic carbocycles. The van der Waals surface area contributed by atoms with Crippen LogP contribution in [-0.4, -0.2) is 5.97 Å². The molecule has 0 aliphatic heterocycles. The Kier molecular flexibility index (Phi) is 1.74. The minimum atomic E-state index is -2.69. The number of ether oxygens (including phenoxy) is 1. The molecule has 1 aromatic rings. The maximum atomic E-state index is 11.1. The number of rotatable bonds is 2. The number of carbonyl (C=O) groups is 1. The van der Waals surface area contributed by atoms with Crippen LogP contribution >= 0.6 is 0 Å². The summed E-state index contributed by atoms with van der Waals surface area (Å²) in [5.74, 6) is -1.17. The minimum Gasteiger partial charge on any atom is -0.458 e. The van der Waals surface area contributed by atoms with Crippen LogP contribution in [0.4, 0.5) is 0 Å². The molecule has 1 atom stereocenters. The molecule has 0 saturated heterocycles. The van der Waals surface area contributed by atoms with Crippen molar-refractivity contribution in [3.8, 4) is 0 Å². The van der Waals surface area contributed by atoms with Crippen molar-refractivity contribution in [1.82, 2.24) is 0 Å². The van der Waals surface area contributed by atoms with Gasteiger partial charge >= 0.3 is 5.97 Å². The van der Waals surface area contributed by atoms with E-state index in [1.807, 2.05) is 6.07 Å². The number of carbonyl (C=O) groups excluding carboxylic acids is 1. The van der Waals surface area contributed by atoms with E-state index in [2.05, 4.69) is 0 Å². The molecular weight excluding hydrogens is 152 g/mol. The lowest BCUT2D eigenvalue weighted by Gasteiger charge is -2.11. The average Bonchev–Trinajstić information content (AvgIpc) is 2.17. The monoisotopic (exact) mass is 167 g/mol. The van der Waals surface area contributed by atoms with Gasteiger partial charge in [-0.05, 0) is 12.5 Å². The second kappa shape index (κ2) is 3.90. The summed E-state index contributed by atoms with van der Waals surface area (Å²) in [6.45, 7) is -1.05. The first-order valence-corrected chi connectivity index (χ1v) is 3.67. The van der Waals surface area contributed by atoms with Crippen LogP contribution in [-0.2, 0) is 9.53 Å². The van der Waals surface area contributed by atoms with Crippen molar-refractivity contribution < 1.29 is 13.6 Å². The van der Waals surface area contributed by atoms with Gasteiger partial charge in [-0.1, -0.05) is 30.3 Å². The van der Waals surface area contributed by atoms with Crippen molar-refractivity contribution in [3.05, 3.63) is 35.9 Å². The number of benzene rings is 1. The molecule has 1 aromatic carbocycles. The average molecular weight is 167 g/mol. The highest BCUT2D eigenvalue weighted by Gasteiger charge is 2.06. The highest BCUT2D eigenvalue weighted by Crippen LogP contribution is 2.15. The standard InChI is InChI=1S/C10H12O2/c1-8(12-9(2)11)10-6-4-3-5-7-10/h3-8H,1-2H3/i2D3. The Hall–Kier alpha value is -1.31. The normalized spacial score (nSPS) is 16.9. The first kappa shape index (κ1) is 5.36. The Labute approximate surface area is 76.4 Å². The van der Waals surface area contributed by atoms with Crippen molar-refractivity contribution in [2.24, 2.45) is 0 Å². The van der Waals surface area contributed by atoms with E-state index in [-0.39, 0.29) is 0 Å². The summed E-state index contributed by atoms with van der Waals surface area (Å²) in [5, 5.41) is 0. The van der Waals surface area contributed by atoms with Crippen molar-refractivity contribution in [1.29, 1.82) is 0 Å². The number of esters is 1. The summed E-state index contributed by atoms with van der Waals surface area (Å²) in [7, 11) is 0. The molecular formula is C10H12O2. The molecule has 0 heterocycles. The third kappa shape index (κ3) is 2.38. The van der Waals surface area contributed by atoms with E-state index in [0.29, 0.717) is 0 Å². The number of hydrogen-bond donors (Lipinski definition) is 0. The first-order valence-electron chi connectivity index (χ1n) is 5.17. The molecule has 0 aliphatic rings. The second-order valence-corrected chi connectivity index (χ2v) is 2.46. The van der Waals surface area contributed by atoms with Gasteiger partial charge in [-0.15, -0.1) is 0 Å². The van der Waals surface area contributed by atoms with E-state index in [9.17, 15) is 4.79 Å². The van der Waals surface area contributed by atoms with E-state index < -0.39 is 18.9 Å². The van der Waals surface area contributed by atoms with Gasteiger partial charge in [0.1, 0.15) is 6.10 Å². The van der Waals surface area contributed by atoms with Crippen LogP contribution in [0.1, 0.15) is 29.6 Å².